The molecule has 0 bridgehead atoms. The van der Waals surface area contributed by atoms with E-state index in [1.54, 1.807) is 24.3 Å². The Balaban J connectivity index is 2.04. The van der Waals surface area contributed by atoms with Crippen molar-refractivity contribution in [3.8, 4) is 17.6 Å². The number of nitriles is 1. The van der Waals surface area contributed by atoms with Crippen LogP contribution in [0.2, 0.25) is 0 Å². The van der Waals surface area contributed by atoms with Crippen molar-refractivity contribution >= 4 is 29.0 Å². The van der Waals surface area contributed by atoms with Crippen molar-refractivity contribution in [2.45, 2.75) is 0 Å². The molecule has 0 saturated heterocycles. The van der Waals surface area contributed by atoms with Crippen LogP contribution in [0.25, 0.3) is 6.08 Å². The van der Waals surface area contributed by atoms with E-state index in [2.05, 4.69) is 5.32 Å². The summed E-state index contributed by atoms with van der Waals surface area (Å²) in [6.07, 6.45) is 3.13. The lowest BCUT2D eigenvalue weighted by molar-refractivity contribution is -0.111. The zero-order valence-electron chi connectivity index (χ0n) is 11.9. The lowest BCUT2D eigenvalue weighted by Gasteiger charge is -2.08. The molecular formula is C16H14N2O3S. The number of ether oxygens (including phenoxy) is 2. The average molecular weight is 314 g/mol. The summed E-state index contributed by atoms with van der Waals surface area (Å²) < 4.78 is 10.4. The lowest BCUT2D eigenvalue weighted by atomic mass is 10.2. The third-order valence-corrected chi connectivity index (χ3v) is 3.38. The van der Waals surface area contributed by atoms with Crippen LogP contribution >= 0.6 is 11.3 Å². The molecule has 1 aromatic carbocycles. The van der Waals surface area contributed by atoms with Crippen LogP contribution in [0.15, 0.2) is 41.1 Å². The van der Waals surface area contributed by atoms with Crippen LogP contribution in [0.3, 0.4) is 0 Å². The number of anilines is 1. The van der Waals surface area contributed by atoms with Gasteiger partial charge in [0, 0.05) is 11.5 Å². The molecule has 6 heteroatoms. The normalized spacial score (nSPS) is 10.2. The highest BCUT2D eigenvalue weighted by Gasteiger charge is 2.05. The van der Waals surface area contributed by atoms with Gasteiger partial charge in [-0.2, -0.15) is 16.6 Å². The van der Waals surface area contributed by atoms with Gasteiger partial charge >= 0.3 is 0 Å². The molecule has 112 valence electrons. The largest absolute Gasteiger partial charge is 0.493 e. The Labute approximate surface area is 132 Å². The highest BCUT2D eigenvalue weighted by molar-refractivity contribution is 7.08. The van der Waals surface area contributed by atoms with Gasteiger partial charge in [0.05, 0.1) is 12.8 Å². The standard InChI is InChI=1S/C16H14N2O3S/c1-20-15-10-12(2-4-14(15)21-8-7-17)3-5-16(19)18-13-6-9-22-11-13/h2-6,9-11H,8H2,1H3,(H,18,19)/b5-3+. The number of rotatable bonds is 6. The molecule has 0 aliphatic heterocycles. The topological polar surface area (TPSA) is 71.3 Å². The van der Waals surface area contributed by atoms with Gasteiger partial charge in [0.15, 0.2) is 18.1 Å². The van der Waals surface area contributed by atoms with E-state index in [-0.39, 0.29) is 12.5 Å². The van der Waals surface area contributed by atoms with Crippen LogP contribution in [-0.4, -0.2) is 19.6 Å². The van der Waals surface area contributed by atoms with Crippen molar-refractivity contribution in [3.63, 3.8) is 0 Å². The first-order chi connectivity index (χ1) is 10.7. The van der Waals surface area contributed by atoms with Crippen LogP contribution in [0.5, 0.6) is 11.5 Å². The maximum atomic E-state index is 11.8. The number of hydrogen-bond donors (Lipinski definition) is 1. The van der Waals surface area contributed by atoms with Gasteiger partial charge in [-0.3, -0.25) is 4.79 Å². The molecule has 0 aliphatic rings. The monoisotopic (exact) mass is 314 g/mol. The summed E-state index contributed by atoms with van der Waals surface area (Å²) in [7, 11) is 1.52. The molecule has 1 aromatic heterocycles. The maximum Gasteiger partial charge on any atom is 0.248 e. The summed E-state index contributed by atoms with van der Waals surface area (Å²) in [5.41, 5.74) is 1.57. The zero-order valence-corrected chi connectivity index (χ0v) is 12.7. The van der Waals surface area contributed by atoms with Gasteiger partial charge in [0.2, 0.25) is 5.91 Å². The van der Waals surface area contributed by atoms with Crippen molar-refractivity contribution in [1.29, 1.82) is 5.26 Å². The van der Waals surface area contributed by atoms with Gasteiger partial charge < -0.3 is 14.8 Å². The van der Waals surface area contributed by atoms with E-state index in [9.17, 15) is 4.79 Å². The molecule has 0 radical (unpaired) electrons. The Hall–Kier alpha value is -2.78. The average Bonchev–Trinajstić information content (AvgIpc) is 3.04. The smallest absolute Gasteiger partial charge is 0.248 e. The number of benzene rings is 1. The zero-order chi connectivity index (χ0) is 15.8. The first kappa shape index (κ1) is 15.6. The summed E-state index contributed by atoms with van der Waals surface area (Å²) in [6, 6.07) is 8.95. The quantitative estimate of drug-likeness (QED) is 0.830. The van der Waals surface area contributed by atoms with Crippen molar-refractivity contribution in [2.24, 2.45) is 0 Å². The van der Waals surface area contributed by atoms with Crippen LogP contribution in [0.4, 0.5) is 5.69 Å². The lowest BCUT2D eigenvalue weighted by Crippen LogP contribution is -2.06. The van der Waals surface area contributed by atoms with Crippen LogP contribution in [-0.2, 0) is 4.79 Å². The molecule has 2 aromatic rings. The second-order valence-electron chi connectivity index (χ2n) is 4.19. The van der Waals surface area contributed by atoms with Gasteiger partial charge in [-0.1, -0.05) is 6.07 Å². The molecule has 2 rings (SSSR count). The minimum Gasteiger partial charge on any atom is -0.493 e. The van der Waals surface area contributed by atoms with Gasteiger partial charge in [-0.25, -0.2) is 0 Å². The molecule has 1 amide bonds. The molecule has 0 unspecified atom stereocenters. The number of nitrogens with zero attached hydrogens (tertiary/aromatic N) is 1. The number of nitrogens with one attached hydrogen (secondary N) is 1. The Morgan fingerprint density at radius 3 is 2.95 bits per heavy atom. The second-order valence-corrected chi connectivity index (χ2v) is 4.97. The third kappa shape index (κ3) is 4.36. The number of amides is 1. The van der Waals surface area contributed by atoms with E-state index in [1.165, 1.54) is 24.5 Å². The summed E-state index contributed by atoms with van der Waals surface area (Å²) >= 11 is 1.52. The fraction of sp³-hybridized carbons (Fsp3) is 0.125. The number of thiophene rings is 1. The molecule has 1 heterocycles. The second kappa shape index (κ2) is 7.86. The van der Waals surface area contributed by atoms with E-state index in [1.807, 2.05) is 22.9 Å². The van der Waals surface area contributed by atoms with Crippen LogP contribution in [0, 0.1) is 11.3 Å². The van der Waals surface area contributed by atoms with E-state index in [0.29, 0.717) is 11.5 Å². The molecule has 1 N–H and O–H groups in total. The molecule has 0 saturated carbocycles. The van der Waals surface area contributed by atoms with Crippen molar-refractivity contribution in [3.05, 3.63) is 46.7 Å². The fourth-order valence-electron chi connectivity index (χ4n) is 1.71. The molecule has 0 atom stereocenters. The summed E-state index contributed by atoms with van der Waals surface area (Å²) in [5.74, 6) is 0.793. The first-order valence-electron chi connectivity index (χ1n) is 6.42. The van der Waals surface area contributed by atoms with E-state index < -0.39 is 0 Å². The SMILES string of the molecule is COc1cc(/C=C/C(=O)Nc2ccsc2)ccc1OCC#N. The Morgan fingerprint density at radius 1 is 1.41 bits per heavy atom. The molecule has 22 heavy (non-hydrogen) atoms. The van der Waals surface area contributed by atoms with Crippen LogP contribution < -0.4 is 14.8 Å². The summed E-state index contributed by atoms with van der Waals surface area (Å²) in [4.78, 5) is 11.8. The summed E-state index contributed by atoms with van der Waals surface area (Å²) in [5, 5.41) is 15.0. The minimum absolute atomic E-state index is 0.0470. The number of hydrogen-bond acceptors (Lipinski definition) is 5. The molecular weight excluding hydrogens is 300 g/mol. The molecule has 0 fully saturated rings. The third-order valence-electron chi connectivity index (χ3n) is 2.70. The summed E-state index contributed by atoms with van der Waals surface area (Å²) in [6.45, 7) is -0.0470. The van der Waals surface area contributed by atoms with Crippen molar-refractivity contribution in [1.82, 2.24) is 0 Å². The van der Waals surface area contributed by atoms with E-state index in [4.69, 9.17) is 14.7 Å². The first-order valence-corrected chi connectivity index (χ1v) is 7.36. The van der Waals surface area contributed by atoms with Crippen LogP contribution in [0.1, 0.15) is 5.56 Å². The van der Waals surface area contributed by atoms with E-state index in [0.717, 1.165) is 11.3 Å². The van der Waals surface area contributed by atoms with Gasteiger partial charge in [0.25, 0.3) is 0 Å². The number of carbonyl (C=O) groups excluding carboxylic acids is 1. The Morgan fingerprint density at radius 2 is 2.27 bits per heavy atom. The van der Waals surface area contributed by atoms with Crippen molar-refractivity contribution in [2.75, 3.05) is 19.0 Å². The van der Waals surface area contributed by atoms with Gasteiger partial charge in [-0.15, -0.1) is 0 Å². The predicted molar refractivity (Wildman–Crippen MR) is 86.1 cm³/mol. The fourth-order valence-corrected chi connectivity index (χ4v) is 2.30. The Bertz CT molecular complexity index is 703. The number of methoxy groups -OCH3 is 1. The number of carbonyl (C=O) groups is 1. The highest BCUT2D eigenvalue weighted by Crippen LogP contribution is 2.28. The minimum atomic E-state index is -0.206. The molecule has 0 aliphatic carbocycles. The maximum absolute atomic E-state index is 11.8. The van der Waals surface area contributed by atoms with Gasteiger partial charge in [-0.05, 0) is 35.2 Å². The highest BCUT2D eigenvalue weighted by atomic mass is 32.1. The van der Waals surface area contributed by atoms with E-state index >= 15 is 0 Å². The predicted octanol–water partition coefficient (Wildman–Crippen LogP) is 3.31. The Kier molecular flexibility index (Phi) is 5.57. The molecule has 0 spiro atoms. The van der Waals surface area contributed by atoms with Gasteiger partial charge in [0.1, 0.15) is 6.07 Å². The molecule has 5 nitrogen and oxygen atoms in total. The van der Waals surface area contributed by atoms with Crippen molar-refractivity contribution < 1.29 is 14.3 Å².